The summed E-state index contributed by atoms with van der Waals surface area (Å²) in [5.74, 6) is -1.89. The van der Waals surface area contributed by atoms with Crippen LogP contribution in [0.25, 0.3) is 44.5 Å². The lowest BCUT2D eigenvalue weighted by Gasteiger charge is -2.18. The first-order valence-electron chi connectivity index (χ1n) is 26.3. The number of hydrogen-bond acceptors (Lipinski definition) is 13. The number of halogens is 2. The molecule has 6 aromatic carbocycles. The summed E-state index contributed by atoms with van der Waals surface area (Å²) in [7, 11) is 8.20. The quantitative estimate of drug-likeness (QED) is 0.0744. The average molecular weight is 1150 g/mol. The van der Waals surface area contributed by atoms with Gasteiger partial charge in [-0.15, -0.1) is 0 Å². The van der Waals surface area contributed by atoms with Crippen molar-refractivity contribution in [2.24, 2.45) is 33.9 Å². The Labute approximate surface area is 485 Å². The fourth-order valence-corrected chi connectivity index (χ4v) is 9.11. The van der Waals surface area contributed by atoms with E-state index in [-0.39, 0.29) is 36.3 Å². The summed E-state index contributed by atoms with van der Waals surface area (Å²) in [6.45, 7) is 15.8. The van der Waals surface area contributed by atoms with E-state index in [1.54, 1.807) is 30.3 Å². The maximum atomic E-state index is 15.3. The van der Waals surface area contributed by atoms with Crippen LogP contribution in [0.1, 0.15) is 94.3 Å². The van der Waals surface area contributed by atoms with Gasteiger partial charge in [0.2, 0.25) is 11.4 Å². The molecule has 0 unspecified atom stereocenters. The van der Waals surface area contributed by atoms with Crippen molar-refractivity contribution in [1.82, 2.24) is 34.0 Å². The van der Waals surface area contributed by atoms with E-state index in [0.717, 1.165) is 74.1 Å². The second-order valence-electron chi connectivity index (χ2n) is 20.2. The van der Waals surface area contributed by atoms with Crippen molar-refractivity contribution in [2.75, 3.05) is 24.9 Å². The van der Waals surface area contributed by atoms with Gasteiger partial charge in [-0.1, -0.05) is 95.8 Å². The number of aldehydes is 1. The first kappa shape index (κ1) is 65.3. The molecule has 0 aliphatic heterocycles. The molecule has 0 aliphatic rings. The maximum absolute atomic E-state index is 15.3. The average Bonchev–Trinajstić information content (AvgIpc) is 2.31. The van der Waals surface area contributed by atoms with Gasteiger partial charge in [0.05, 0.1) is 19.8 Å². The van der Waals surface area contributed by atoms with Crippen LogP contribution in [0.2, 0.25) is 0 Å². The van der Waals surface area contributed by atoms with Gasteiger partial charge in [-0.2, -0.15) is 10.2 Å². The Balaban J connectivity index is 0.000000286. The molecule has 0 saturated heterocycles. The minimum absolute atomic E-state index is 0. The monoisotopic (exact) mass is 1150 g/mol. The molecule has 2 heterocycles. The van der Waals surface area contributed by atoms with Crippen LogP contribution in [0, 0.1) is 39.3 Å². The Morgan fingerprint density at radius 3 is 1.32 bits per heavy atom. The number of methoxy groups -OCH3 is 2. The molecule has 0 saturated carbocycles. The lowest BCUT2D eigenvalue weighted by atomic mass is 9.90. The fraction of sp³-hybridized carbons (Fsp3) is 0.286. The number of anilines is 2. The number of nitrogens with one attached hydrogen (secondary N) is 3. The van der Waals surface area contributed by atoms with Gasteiger partial charge in [-0.05, 0) is 137 Å². The zero-order valence-corrected chi connectivity index (χ0v) is 48.9. The van der Waals surface area contributed by atoms with Crippen LogP contribution < -0.4 is 53.7 Å². The Bertz CT molecular complexity index is 4050. The van der Waals surface area contributed by atoms with E-state index in [1.807, 2.05) is 110 Å². The number of carbonyl (C=O) groups is 3. The Kier molecular flexibility index (Phi) is 21.8. The number of ether oxygens (including phenoxy) is 2. The Morgan fingerprint density at radius 1 is 0.583 bits per heavy atom. The minimum atomic E-state index is -0.800. The van der Waals surface area contributed by atoms with Crippen LogP contribution in [0.15, 0.2) is 116 Å². The van der Waals surface area contributed by atoms with Gasteiger partial charge >= 0.3 is 11.4 Å². The summed E-state index contributed by atoms with van der Waals surface area (Å²) in [6.07, 6.45) is 0.421. The summed E-state index contributed by atoms with van der Waals surface area (Å²) in [5, 5.41) is 16.4. The predicted molar refractivity (Wildman–Crippen MR) is 325 cm³/mol. The number of carbonyl (C=O) groups excluding carboxylic acids is 3. The number of aryl methyl sites for hydroxylation is 2. The van der Waals surface area contributed by atoms with Crippen molar-refractivity contribution < 1.29 is 32.6 Å². The molecule has 0 aliphatic carbocycles. The molecular formula is C63H72F2N10O9. The van der Waals surface area contributed by atoms with Gasteiger partial charge in [-0.25, -0.2) is 27.7 Å². The molecule has 2 amide bonds. The van der Waals surface area contributed by atoms with Gasteiger partial charge in [0.25, 0.3) is 22.9 Å². The summed E-state index contributed by atoms with van der Waals surface area (Å²) >= 11 is 0. The van der Waals surface area contributed by atoms with Crippen molar-refractivity contribution in [3.63, 3.8) is 0 Å². The van der Waals surface area contributed by atoms with Crippen LogP contribution in [-0.4, -0.2) is 73.1 Å². The van der Waals surface area contributed by atoms with E-state index in [4.69, 9.17) is 15.2 Å². The molecule has 84 heavy (non-hydrogen) atoms. The minimum Gasteiger partial charge on any atom is -0.496 e. The van der Waals surface area contributed by atoms with E-state index in [9.17, 15) is 38.0 Å². The van der Waals surface area contributed by atoms with E-state index in [2.05, 4.69) is 26.1 Å². The van der Waals surface area contributed by atoms with E-state index < -0.39 is 45.8 Å². The van der Waals surface area contributed by atoms with Crippen molar-refractivity contribution in [2.45, 2.75) is 81.4 Å². The molecule has 8 rings (SSSR count). The zero-order valence-electron chi connectivity index (χ0n) is 48.9. The second kappa shape index (κ2) is 28.0. The normalized spacial score (nSPS) is 10.8. The largest absolute Gasteiger partial charge is 0.496 e. The number of aromatic nitrogens is 6. The highest BCUT2D eigenvalue weighted by atomic mass is 19.1. The second-order valence-corrected chi connectivity index (χ2v) is 20.2. The SMILES string of the molecule is C.CC(C)N.COc1cc(-c2cccc(-c3cccc(NC(=O)c4nn(C)c(=O)n(C)c4=O)c3C)c2C)cc(F)c1C=O.COc1cc(-c2cccc(-c3cccc(NC(=O)c4nn(C)c(=O)n(C)c4=O)c3C)c2C)cc(F)c1CNC(C)C. The van der Waals surface area contributed by atoms with Crippen LogP contribution >= 0.6 is 0 Å². The third-order valence-corrected chi connectivity index (χ3v) is 13.6. The van der Waals surface area contributed by atoms with Crippen LogP contribution in [0.5, 0.6) is 11.5 Å². The van der Waals surface area contributed by atoms with Gasteiger partial charge in [0.15, 0.2) is 6.29 Å². The van der Waals surface area contributed by atoms with Crippen molar-refractivity contribution in [3.05, 3.63) is 195 Å². The lowest BCUT2D eigenvalue weighted by molar-refractivity contribution is 0.100. The van der Waals surface area contributed by atoms with Gasteiger partial charge in [0, 0.05) is 57.7 Å². The number of benzene rings is 6. The fourth-order valence-electron chi connectivity index (χ4n) is 9.11. The molecule has 442 valence electrons. The third-order valence-electron chi connectivity index (χ3n) is 13.6. The molecule has 0 radical (unpaired) electrons. The van der Waals surface area contributed by atoms with E-state index >= 15 is 4.39 Å². The number of nitrogens with two attached hydrogens (primary N) is 1. The molecule has 19 nitrogen and oxygen atoms in total. The van der Waals surface area contributed by atoms with Gasteiger partial charge < -0.3 is 31.2 Å². The standard InChI is InChI=1S/C31H34FN5O4.C28H25FN4O5.C3H9N.CH4/c1-17(2)33-16-24-25(32)14-20(15-27(24)41-7)21-10-8-11-22(18(21)3)23-12-9-13-26(19(23)4)34-29(38)28-30(39)36(5)31(40)37(6)35-28;1-15-18(17-12-22(29)21(14-34)24(13-17)38-5)8-6-9-19(15)20-10-7-11-23(16(20)2)30-26(35)25-27(36)32(3)28(37)33(4)31-25;1-3(2)4;/h8-15,17,33H,16H2,1-7H3,(H,34,38);6-14H,1-5H3,(H,30,35);3H,4H2,1-2H3;1H4. The molecule has 0 bridgehead atoms. The Hall–Kier alpha value is -9.47. The highest BCUT2D eigenvalue weighted by Gasteiger charge is 2.23. The summed E-state index contributed by atoms with van der Waals surface area (Å²) in [6, 6.07) is 29.0. The highest BCUT2D eigenvalue weighted by molar-refractivity contribution is 6.04. The summed E-state index contributed by atoms with van der Waals surface area (Å²) < 4.78 is 44.2. The molecular weight excluding hydrogens is 1080 g/mol. The summed E-state index contributed by atoms with van der Waals surface area (Å²) in [4.78, 5) is 86.0. The number of rotatable bonds is 14. The molecule has 0 atom stereocenters. The van der Waals surface area contributed by atoms with Gasteiger partial charge in [-0.3, -0.25) is 33.1 Å². The van der Waals surface area contributed by atoms with Crippen LogP contribution in [-0.2, 0) is 34.7 Å². The van der Waals surface area contributed by atoms with Gasteiger partial charge in [0.1, 0.15) is 23.1 Å². The van der Waals surface area contributed by atoms with E-state index in [1.165, 1.54) is 54.5 Å². The number of amides is 2. The smallest absolute Gasteiger partial charge is 0.346 e. The number of nitrogens with zero attached hydrogens (tertiary/aromatic N) is 6. The maximum Gasteiger partial charge on any atom is 0.346 e. The molecule has 2 aromatic heterocycles. The first-order valence-corrected chi connectivity index (χ1v) is 26.3. The van der Waals surface area contributed by atoms with E-state index in [0.29, 0.717) is 52.7 Å². The topological polar surface area (TPSA) is 246 Å². The van der Waals surface area contributed by atoms with Crippen molar-refractivity contribution >= 4 is 29.5 Å². The summed E-state index contributed by atoms with van der Waals surface area (Å²) in [5.41, 5.74) is 12.2. The Morgan fingerprint density at radius 2 is 0.940 bits per heavy atom. The number of hydrogen-bond donors (Lipinski definition) is 4. The zero-order chi connectivity index (χ0) is 61.3. The third kappa shape index (κ3) is 14.2. The molecule has 21 heteroatoms. The van der Waals surface area contributed by atoms with Crippen LogP contribution in [0.3, 0.4) is 0 Å². The molecule has 0 spiro atoms. The predicted octanol–water partition coefficient (Wildman–Crippen LogP) is 8.96. The first-order chi connectivity index (χ1) is 39.3. The molecule has 0 fully saturated rings. The molecule has 8 aromatic rings. The highest BCUT2D eigenvalue weighted by Crippen LogP contribution is 2.39. The van der Waals surface area contributed by atoms with Crippen molar-refractivity contribution in [3.8, 4) is 56.0 Å². The molecule has 5 N–H and O–H groups in total. The van der Waals surface area contributed by atoms with Crippen molar-refractivity contribution in [1.29, 1.82) is 0 Å². The van der Waals surface area contributed by atoms with Crippen LogP contribution in [0.4, 0.5) is 20.2 Å². The lowest BCUT2D eigenvalue weighted by Crippen LogP contribution is -2.43.